The summed E-state index contributed by atoms with van der Waals surface area (Å²) in [6, 6.07) is 13.8. The molecule has 1 N–H and O–H groups in total. The summed E-state index contributed by atoms with van der Waals surface area (Å²) in [6.07, 6.45) is 2.38. The molecule has 0 aliphatic carbocycles. The van der Waals surface area contributed by atoms with Crippen molar-refractivity contribution in [1.29, 1.82) is 0 Å². The fraction of sp³-hybridized carbons (Fsp3) is 0.409. The largest absolute Gasteiger partial charge is 0.379 e. The van der Waals surface area contributed by atoms with E-state index in [1.54, 1.807) is 30.0 Å². The quantitative estimate of drug-likeness (QED) is 0.636. The molecule has 2 aliphatic rings. The topological polar surface area (TPSA) is 84.9 Å². The molecule has 2 aromatic carbocycles. The maximum atomic E-state index is 12.9. The Balaban J connectivity index is 1.42. The molecule has 1 atom stereocenters. The van der Waals surface area contributed by atoms with Crippen molar-refractivity contribution in [2.75, 3.05) is 44.0 Å². The number of thioether (sulfide) groups is 1. The molecule has 0 aromatic heterocycles. The predicted molar refractivity (Wildman–Crippen MR) is 120 cm³/mol. The Labute approximate surface area is 187 Å². The van der Waals surface area contributed by atoms with Gasteiger partial charge in [0.1, 0.15) is 0 Å². The van der Waals surface area contributed by atoms with Gasteiger partial charge in [0.2, 0.25) is 10.0 Å². The number of hydrogen-bond acceptors (Lipinski definition) is 6. The van der Waals surface area contributed by atoms with Gasteiger partial charge in [-0.1, -0.05) is 12.1 Å². The molecule has 0 unspecified atom stereocenters. The highest BCUT2D eigenvalue weighted by molar-refractivity contribution is 7.99. The van der Waals surface area contributed by atoms with E-state index in [0.29, 0.717) is 37.6 Å². The number of rotatable bonds is 7. The van der Waals surface area contributed by atoms with Crippen molar-refractivity contribution in [3.63, 3.8) is 0 Å². The number of morpholine rings is 1. The zero-order valence-electron chi connectivity index (χ0n) is 17.2. The van der Waals surface area contributed by atoms with Gasteiger partial charge in [0.15, 0.2) is 0 Å². The van der Waals surface area contributed by atoms with Crippen molar-refractivity contribution >= 4 is 33.4 Å². The molecule has 1 amide bonds. The van der Waals surface area contributed by atoms with Gasteiger partial charge in [-0.15, -0.1) is 11.8 Å². The Morgan fingerprint density at radius 1 is 1.06 bits per heavy atom. The summed E-state index contributed by atoms with van der Waals surface area (Å²) in [5, 5.41) is 2.87. The minimum atomic E-state index is -3.56. The lowest BCUT2D eigenvalue weighted by Gasteiger charge is -2.26. The first-order valence-electron chi connectivity index (χ1n) is 10.4. The van der Waals surface area contributed by atoms with E-state index in [9.17, 15) is 13.2 Å². The third kappa shape index (κ3) is 5.48. The molecule has 166 valence electrons. The van der Waals surface area contributed by atoms with Crippen LogP contribution in [0, 0.1) is 0 Å². The molecule has 2 heterocycles. The van der Waals surface area contributed by atoms with Gasteiger partial charge in [-0.25, -0.2) is 8.42 Å². The van der Waals surface area contributed by atoms with Crippen molar-refractivity contribution in [3.05, 3.63) is 54.1 Å². The van der Waals surface area contributed by atoms with Gasteiger partial charge >= 0.3 is 0 Å². The van der Waals surface area contributed by atoms with Crippen LogP contribution in [0.5, 0.6) is 0 Å². The van der Waals surface area contributed by atoms with Gasteiger partial charge < -0.3 is 14.8 Å². The Bertz CT molecular complexity index is 999. The Kier molecular flexibility index (Phi) is 7.29. The summed E-state index contributed by atoms with van der Waals surface area (Å²) in [6.45, 7) is 2.31. The zero-order chi connectivity index (χ0) is 21.7. The first-order chi connectivity index (χ1) is 15.0. The summed E-state index contributed by atoms with van der Waals surface area (Å²) >= 11 is 1.62. The molecule has 2 saturated heterocycles. The molecular weight excluding hydrogens is 436 g/mol. The number of ether oxygens (including phenoxy) is 2. The van der Waals surface area contributed by atoms with Gasteiger partial charge in [0, 0.05) is 36.0 Å². The summed E-state index contributed by atoms with van der Waals surface area (Å²) in [7, 11) is -3.56. The monoisotopic (exact) mass is 462 g/mol. The zero-order valence-corrected chi connectivity index (χ0v) is 18.8. The minimum Gasteiger partial charge on any atom is -0.379 e. The molecule has 4 rings (SSSR count). The van der Waals surface area contributed by atoms with Crippen LogP contribution in [-0.4, -0.2) is 63.4 Å². The van der Waals surface area contributed by atoms with Crippen molar-refractivity contribution < 1.29 is 22.7 Å². The second-order valence-corrected chi connectivity index (χ2v) is 10.4. The van der Waals surface area contributed by atoms with Crippen LogP contribution in [0.4, 0.5) is 5.69 Å². The third-order valence-electron chi connectivity index (χ3n) is 5.30. The van der Waals surface area contributed by atoms with Gasteiger partial charge in [-0.05, 0) is 49.2 Å². The van der Waals surface area contributed by atoms with E-state index in [4.69, 9.17) is 9.47 Å². The van der Waals surface area contributed by atoms with E-state index < -0.39 is 10.0 Å². The van der Waals surface area contributed by atoms with Crippen LogP contribution < -0.4 is 5.32 Å². The van der Waals surface area contributed by atoms with Crippen molar-refractivity contribution in [2.24, 2.45) is 0 Å². The number of carbonyl (C=O) groups is 1. The second kappa shape index (κ2) is 10.1. The fourth-order valence-electron chi connectivity index (χ4n) is 3.58. The highest BCUT2D eigenvalue weighted by Gasteiger charge is 2.26. The van der Waals surface area contributed by atoms with E-state index in [0.717, 1.165) is 30.1 Å². The number of sulfonamides is 1. The molecule has 31 heavy (non-hydrogen) atoms. The summed E-state index contributed by atoms with van der Waals surface area (Å²) < 4.78 is 37.8. The SMILES string of the molecule is O=C(Nc1ccc(S(=O)(=O)N2CCOCC2)cc1)c1ccccc1SC[C@H]1CCCO1. The van der Waals surface area contributed by atoms with Crippen LogP contribution in [0.1, 0.15) is 23.2 Å². The Morgan fingerprint density at radius 3 is 2.52 bits per heavy atom. The number of hydrogen-bond donors (Lipinski definition) is 1. The van der Waals surface area contributed by atoms with E-state index in [1.807, 2.05) is 18.2 Å². The third-order valence-corrected chi connectivity index (χ3v) is 8.42. The predicted octanol–water partition coefficient (Wildman–Crippen LogP) is 3.23. The number of amides is 1. The van der Waals surface area contributed by atoms with Crippen LogP contribution in [0.3, 0.4) is 0 Å². The molecule has 9 heteroatoms. The van der Waals surface area contributed by atoms with Crippen molar-refractivity contribution in [2.45, 2.75) is 28.7 Å². The molecule has 2 fully saturated rings. The molecule has 0 radical (unpaired) electrons. The second-order valence-electron chi connectivity index (χ2n) is 7.44. The average Bonchev–Trinajstić information content (AvgIpc) is 3.32. The fourth-order valence-corrected chi connectivity index (χ4v) is 6.11. The smallest absolute Gasteiger partial charge is 0.256 e. The van der Waals surface area contributed by atoms with Crippen molar-refractivity contribution in [3.8, 4) is 0 Å². The Morgan fingerprint density at radius 2 is 1.81 bits per heavy atom. The number of anilines is 1. The number of nitrogens with one attached hydrogen (secondary N) is 1. The number of nitrogens with zero attached hydrogens (tertiary/aromatic N) is 1. The lowest BCUT2D eigenvalue weighted by atomic mass is 10.2. The number of benzene rings is 2. The van der Waals surface area contributed by atoms with Gasteiger partial charge in [0.25, 0.3) is 5.91 Å². The molecule has 7 nitrogen and oxygen atoms in total. The van der Waals surface area contributed by atoms with Gasteiger partial charge in [0.05, 0.1) is 29.8 Å². The highest BCUT2D eigenvalue weighted by Crippen LogP contribution is 2.27. The molecule has 2 aromatic rings. The van der Waals surface area contributed by atoms with E-state index in [2.05, 4.69) is 5.32 Å². The highest BCUT2D eigenvalue weighted by atomic mass is 32.2. The first-order valence-corrected chi connectivity index (χ1v) is 12.8. The Hall–Kier alpha value is -1.91. The minimum absolute atomic E-state index is 0.208. The molecule has 0 spiro atoms. The van der Waals surface area contributed by atoms with E-state index >= 15 is 0 Å². The van der Waals surface area contributed by atoms with E-state index in [-0.39, 0.29) is 16.9 Å². The number of carbonyl (C=O) groups excluding carboxylic acids is 1. The van der Waals surface area contributed by atoms with Crippen LogP contribution in [-0.2, 0) is 19.5 Å². The van der Waals surface area contributed by atoms with Crippen LogP contribution in [0.25, 0.3) is 0 Å². The molecular formula is C22H26N2O5S2. The van der Waals surface area contributed by atoms with Gasteiger partial charge in [-0.3, -0.25) is 4.79 Å². The summed E-state index contributed by atoms with van der Waals surface area (Å²) in [5.74, 6) is 0.595. The van der Waals surface area contributed by atoms with Crippen molar-refractivity contribution in [1.82, 2.24) is 4.31 Å². The first kappa shape index (κ1) is 22.3. The standard InChI is InChI=1S/C22H26N2O5S2/c25-22(20-5-1-2-6-21(20)30-16-18-4-3-13-29-18)23-17-7-9-19(10-8-17)31(26,27)24-11-14-28-15-12-24/h1-2,5-10,18H,3-4,11-16H2,(H,23,25)/t18-/m1/s1. The normalized spacial score (nSPS) is 19.9. The summed E-state index contributed by atoms with van der Waals surface area (Å²) in [4.78, 5) is 14.0. The maximum absolute atomic E-state index is 12.9. The lowest BCUT2D eigenvalue weighted by Crippen LogP contribution is -2.40. The van der Waals surface area contributed by atoms with Crippen LogP contribution >= 0.6 is 11.8 Å². The molecule has 0 bridgehead atoms. The van der Waals surface area contributed by atoms with Crippen LogP contribution in [0.15, 0.2) is 58.3 Å². The van der Waals surface area contributed by atoms with Gasteiger partial charge in [-0.2, -0.15) is 4.31 Å². The lowest BCUT2D eigenvalue weighted by molar-refractivity contribution is 0.0730. The maximum Gasteiger partial charge on any atom is 0.256 e. The molecule has 0 saturated carbocycles. The van der Waals surface area contributed by atoms with E-state index in [1.165, 1.54) is 16.4 Å². The average molecular weight is 463 g/mol. The summed E-state index contributed by atoms with van der Waals surface area (Å²) in [5.41, 5.74) is 1.14. The molecule has 2 aliphatic heterocycles. The van der Waals surface area contributed by atoms with Crippen LogP contribution in [0.2, 0.25) is 0 Å².